The molecule has 1 heterocycles. The molecule has 3 heteroatoms. The molecule has 0 aromatic rings. The number of rotatable bonds is 1. The van der Waals surface area contributed by atoms with Crippen LogP contribution in [0.2, 0.25) is 0 Å². The fourth-order valence-corrected chi connectivity index (χ4v) is 1.07. The number of aliphatic hydroxyl groups excluding tert-OH is 1. The summed E-state index contributed by atoms with van der Waals surface area (Å²) >= 11 is 0. The van der Waals surface area contributed by atoms with Crippen LogP contribution >= 0.6 is 0 Å². The molecule has 1 aliphatic rings. The van der Waals surface area contributed by atoms with Crippen LogP contribution in [0, 0.1) is 0 Å². The molecular weight excluding hydrogens is 118 g/mol. The summed E-state index contributed by atoms with van der Waals surface area (Å²) in [7, 11) is 0. The van der Waals surface area contributed by atoms with E-state index in [2.05, 4.69) is 0 Å². The smallest absolute Gasteiger partial charge is 0.0974 e. The monoisotopic (exact) mass is 131 g/mol. The van der Waals surface area contributed by atoms with Gasteiger partial charge in [-0.3, -0.25) is 0 Å². The number of hydrogen-bond donors (Lipinski definition) is 2. The molecule has 3 atom stereocenters. The largest absolute Gasteiger partial charge is 0.389 e. The van der Waals surface area contributed by atoms with Crippen molar-refractivity contribution in [2.75, 3.05) is 6.61 Å². The van der Waals surface area contributed by atoms with Crippen molar-refractivity contribution in [3.05, 3.63) is 0 Å². The van der Waals surface area contributed by atoms with Gasteiger partial charge >= 0.3 is 0 Å². The average Bonchev–Trinajstić information content (AvgIpc) is 2.15. The molecule has 3 N–H and O–H groups in total. The van der Waals surface area contributed by atoms with E-state index in [-0.39, 0.29) is 12.1 Å². The van der Waals surface area contributed by atoms with Crippen molar-refractivity contribution in [2.24, 2.45) is 5.73 Å². The van der Waals surface area contributed by atoms with Crippen LogP contribution in [0.3, 0.4) is 0 Å². The predicted molar refractivity (Wildman–Crippen MR) is 34.0 cm³/mol. The Kier molecular flexibility index (Phi) is 2.05. The molecule has 0 amide bonds. The lowest BCUT2D eigenvalue weighted by molar-refractivity contribution is 0.0393. The van der Waals surface area contributed by atoms with Gasteiger partial charge in [0.25, 0.3) is 0 Å². The van der Waals surface area contributed by atoms with Crippen LogP contribution in [-0.2, 0) is 4.74 Å². The maximum Gasteiger partial charge on any atom is 0.0974 e. The SMILES string of the molecule is CC[C@@H]1OC[C@H](N)[C@@H]1O. The van der Waals surface area contributed by atoms with Gasteiger partial charge in [0.2, 0.25) is 0 Å². The van der Waals surface area contributed by atoms with Crippen LogP contribution in [0.1, 0.15) is 13.3 Å². The van der Waals surface area contributed by atoms with Gasteiger partial charge in [0.15, 0.2) is 0 Å². The highest BCUT2D eigenvalue weighted by molar-refractivity contribution is 4.84. The Labute approximate surface area is 54.8 Å². The molecule has 0 aliphatic carbocycles. The van der Waals surface area contributed by atoms with Gasteiger partial charge in [0.1, 0.15) is 0 Å². The lowest BCUT2D eigenvalue weighted by Crippen LogP contribution is -2.36. The van der Waals surface area contributed by atoms with Crippen molar-refractivity contribution in [3.8, 4) is 0 Å². The highest BCUT2D eigenvalue weighted by atomic mass is 16.5. The molecule has 1 fully saturated rings. The zero-order chi connectivity index (χ0) is 6.85. The van der Waals surface area contributed by atoms with Crippen molar-refractivity contribution in [3.63, 3.8) is 0 Å². The molecule has 0 saturated carbocycles. The fraction of sp³-hybridized carbons (Fsp3) is 1.00. The Hall–Kier alpha value is -0.120. The first kappa shape index (κ1) is 6.99. The van der Waals surface area contributed by atoms with Gasteiger partial charge in [-0.15, -0.1) is 0 Å². The molecule has 54 valence electrons. The second-order valence-corrected chi connectivity index (χ2v) is 2.43. The third-order valence-electron chi connectivity index (χ3n) is 1.72. The quantitative estimate of drug-likeness (QED) is 0.503. The lowest BCUT2D eigenvalue weighted by Gasteiger charge is -2.11. The Morgan fingerprint density at radius 3 is 2.67 bits per heavy atom. The van der Waals surface area contributed by atoms with Crippen LogP contribution in [0.15, 0.2) is 0 Å². The van der Waals surface area contributed by atoms with E-state index in [9.17, 15) is 5.11 Å². The molecule has 0 aromatic carbocycles. The number of aliphatic hydroxyl groups is 1. The van der Waals surface area contributed by atoms with Crippen LogP contribution in [0.4, 0.5) is 0 Å². The van der Waals surface area contributed by atoms with E-state index in [1.54, 1.807) is 0 Å². The standard InChI is InChI=1S/C6H13NO2/c1-2-5-6(8)4(7)3-9-5/h4-6,8H,2-3,7H2,1H3/t4-,5-,6-/m0/s1. The summed E-state index contributed by atoms with van der Waals surface area (Å²) in [5.41, 5.74) is 5.47. The Balaban J connectivity index is 2.41. The Bertz CT molecular complexity index is 97.1. The van der Waals surface area contributed by atoms with Crippen LogP contribution in [0.5, 0.6) is 0 Å². The van der Waals surface area contributed by atoms with Gasteiger partial charge in [-0.25, -0.2) is 0 Å². The first-order valence-electron chi connectivity index (χ1n) is 3.31. The van der Waals surface area contributed by atoms with Gasteiger partial charge in [0.05, 0.1) is 24.9 Å². The lowest BCUT2D eigenvalue weighted by atomic mass is 10.1. The summed E-state index contributed by atoms with van der Waals surface area (Å²) in [6.07, 6.45) is 0.365. The third-order valence-corrected chi connectivity index (χ3v) is 1.72. The van der Waals surface area contributed by atoms with E-state index < -0.39 is 6.10 Å². The summed E-state index contributed by atoms with van der Waals surface area (Å²) < 4.78 is 5.15. The van der Waals surface area contributed by atoms with E-state index in [1.807, 2.05) is 6.92 Å². The zero-order valence-corrected chi connectivity index (χ0v) is 5.58. The molecule has 0 radical (unpaired) electrons. The Morgan fingerprint density at radius 2 is 2.44 bits per heavy atom. The first-order valence-corrected chi connectivity index (χ1v) is 3.31. The maximum absolute atomic E-state index is 9.21. The molecular formula is C6H13NO2. The second-order valence-electron chi connectivity index (χ2n) is 2.43. The van der Waals surface area contributed by atoms with Gasteiger partial charge in [-0.2, -0.15) is 0 Å². The minimum atomic E-state index is -0.449. The molecule has 0 aromatic heterocycles. The molecule has 3 nitrogen and oxygen atoms in total. The van der Waals surface area contributed by atoms with E-state index in [0.717, 1.165) is 6.42 Å². The summed E-state index contributed by atoms with van der Waals surface area (Å²) in [5, 5.41) is 9.21. The number of nitrogens with two attached hydrogens (primary N) is 1. The molecule has 9 heavy (non-hydrogen) atoms. The predicted octanol–water partition coefficient (Wildman–Crippen LogP) is -0.517. The molecule has 0 unspecified atom stereocenters. The van der Waals surface area contributed by atoms with Crippen LogP contribution in [-0.4, -0.2) is 30.0 Å². The molecule has 1 aliphatic heterocycles. The number of hydrogen-bond acceptors (Lipinski definition) is 3. The van der Waals surface area contributed by atoms with Gasteiger partial charge in [-0.1, -0.05) is 6.92 Å². The van der Waals surface area contributed by atoms with E-state index >= 15 is 0 Å². The zero-order valence-electron chi connectivity index (χ0n) is 5.58. The highest BCUT2D eigenvalue weighted by Gasteiger charge is 2.31. The van der Waals surface area contributed by atoms with Gasteiger partial charge < -0.3 is 15.6 Å². The van der Waals surface area contributed by atoms with Gasteiger partial charge in [0, 0.05) is 0 Å². The van der Waals surface area contributed by atoms with Crippen LogP contribution < -0.4 is 5.73 Å². The van der Waals surface area contributed by atoms with E-state index in [1.165, 1.54) is 0 Å². The maximum atomic E-state index is 9.21. The summed E-state index contributed by atoms with van der Waals surface area (Å²) in [6.45, 7) is 2.48. The molecule has 1 saturated heterocycles. The topological polar surface area (TPSA) is 55.5 Å². The van der Waals surface area contributed by atoms with Crippen molar-refractivity contribution in [2.45, 2.75) is 31.6 Å². The van der Waals surface area contributed by atoms with Gasteiger partial charge in [-0.05, 0) is 6.42 Å². The van der Waals surface area contributed by atoms with Crippen molar-refractivity contribution in [1.29, 1.82) is 0 Å². The Morgan fingerprint density at radius 1 is 1.78 bits per heavy atom. The fourth-order valence-electron chi connectivity index (χ4n) is 1.07. The summed E-state index contributed by atoms with van der Waals surface area (Å²) in [4.78, 5) is 0. The normalized spacial score (nSPS) is 43.7. The minimum absolute atomic E-state index is 0.0278. The third kappa shape index (κ3) is 1.23. The van der Waals surface area contributed by atoms with Crippen molar-refractivity contribution in [1.82, 2.24) is 0 Å². The average molecular weight is 131 g/mol. The molecule has 1 rings (SSSR count). The minimum Gasteiger partial charge on any atom is -0.389 e. The van der Waals surface area contributed by atoms with Crippen molar-refractivity contribution < 1.29 is 9.84 Å². The summed E-state index contributed by atoms with van der Waals surface area (Å²) in [5.74, 6) is 0. The highest BCUT2D eigenvalue weighted by Crippen LogP contribution is 2.14. The molecule has 0 bridgehead atoms. The number of ether oxygens (including phenoxy) is 1. The summed E-state index contributed by atoms with van der Waals surface area (Å²) in [6, 6.07) is -0.171. The van der Waals surface area contributed by atoms with E-state index in [4.69, 9.17) is 10.5 Å². The molecule has 0 spiro atoms. The van der Waals surface area contributed by atoms with Crippen LogP contribution in [0.25, 0.3) is 0 Å². The van der Waals surface area contributed by atoms with Crippen molar-refractivity contribution >= 4 is 0 Å². The second kappa shape index (κ2) is 2.64. The van der Waals surface area contributed by atoms with E-state index in [0.29, 0.717) is 6.61 Å². The first-order chi connectivity index (χ1) is 4.25.